The molecule has 0 atom stereocenters. The van der Waals surface area contributed by atoms with Crippen LogP contribution >= 0.6 is 0 Å². The second kappa shape index (κ2) is 9.40. The number of sulfonamides is 1. The number of pyridine rings is 1. The van der Waals surface area contributed by atoms with Gasteiger partial charge in [-0.25, -0.2) is 8.42 Å². The van der Waals surface area contributed by atoms with Crippen LogP contribution in [0.1, 0.15) is 24.8 Å². The molecule has 1 fully saturated rings. The van der Waals surface area contributed by atoms with E-state index in [0.29, 0.717) is 5.69 Å². The topological polar surface area (TPSA) is 91.4 Å². The number of rotatable bonds is 6. The van der Waals surface area contributed by atoms with Crippen molar-refractivity contribution in [3.63, 3.8) is 0 Å². The second-order valence-corrected chi connectivity index (χ2v) is 9.67. The number of nitrogens with one attached hydrogen (secondary N) is 2. The Bertz CT molecular complexity index is 1250. The van der Waals surface area contributed by atoms with Gasteiger partial charge in [-0.2, -0.15) is 0 Å². The van der Waals surface area contributed by atoms with E-state index < -0.39 is 10.0 Å². The molecule has 32 heavy (non-hydrogen) atoms. The van der Waals surface area contributed by atoms with E-state index in [1.54, 1.807) is 42.7 Å². The van der Waals surface area contributed by atoms with Gasteiger partial charge in [-0.05, 0) is 61.2 Å². The molecule has 8 heteroatoms. The van der Waals surface area contributed by atoms with E-state index in [2.05, 4.69) is 26.0 Å². The van der Waals surface area contributed by atoms with Gasteiger partial charge in [0, 0.05) is 53.7 Å². The van der Waals surface area contributed by atoms with Gasteiger partial charge in [0.1, 0.15) is 0 Å². The van der Waals surface area contributed by atoms with Crippen molar-refractivity contribution in [2.45, 2.75) is 19.3 Å². The molecule has 4 rings (SSSR count). The molecule has 2 heterocycles. The summed E-state index contributed by atoms with van der Waals surface area (Å²) in [4.78, 5) is 19.2. The van der Waals surface area contributed by atoms with Crippen molar-refractivity contribution in [1.82, 2.24) is 4.98 Å². The molecule has 0 bridgehead atoms. The molecule has 1 aromatic heterocycles. The average Bonchev–Trinajstić information content (AvgIpc) is 2.78. The third kappa shape index (κ3) is 5.45. The minimum absolute atomic E-state index is 0.251. The Kier molecular flexibility index (Phi) is 6.41. The zero-order valence-electron chi connectivity index (χ0n) is 17.9. The van der Waals surface area contributed by atoms with Gasteiger partial charge in [0.15, 0.2) is 0 Å². The van der Waals surface area contributed by atoms with Crippen molar-refractivity contribution in [1.29, 1.82) is 0 Å². The van der Waals surface area contributed by atoms with Crippen LogP contribution in [-0.4, -0.2) is 38.7 Å². The summed E-state index contributed by atoms with van der Waals surface area (Å²) in [6.45, 7) is 2.09. The number of aromatic nitrogens is 1. The fraction of sp³-hybridized carbons (Fsp3) is 0.250. The van der Waals surface area contributed by atoms with Gasteiger partial charge in [-0.3, -0.25) is 14.5 Å². The summed E-state index contributed by atoms with van der Waals surface area (Å²) in [6.07, 6.45) is 11.5. The minimum atomic E-state index is -3.32. The highest BCUT2D eigenvalue weighted by atomic mass is 32.2. The first-order valence-corrected chi connectivity index (χ1v) is 12.5. The van der Waals surface area contributed by atoms with Crippen LogP contribution in [-0.2, 0) is 14.8 Å². The summed E-state index contributed by atoms with van der Waals surface area (Å²) < 4.78 is 25.0. The lowest BCUT2D eigenvalue weighted by Gasteiger charge is -2.30. The highest BCUT2D eigenvalue weighted by Crippen LogP contribution is 2.33. The lowest BCUT2D eigenvalue weighted by atomic mass is 10.1. The molecule has 0 aliphatic carbocycles. The molecule has 1 amide bonds. The number of carbonyl (C=O) groups is 1. The Balaban J connectivity index is 1.49. The van der Waals surface area contributed by atoms with E-state index in [4.69, 9.17) is 0 Å². The Hall–Kier alpha value is -3.39. The predicted octanol–water partition coefficient (Wildman–Crippen LogP) is 4.25. The summed E-state index contributed by atoms with van der Waals surface area (Å²) in [6, 6.07) is 12.8. The molecule has 7 nitrogen and oxygen atoms in total. The Morgan fingerprint density at radius 3 is 2.47 bits per heavy atom. The van der Waals surface area contributed by atoms with Crippen LogP contribution in [0.15, 0.2) is 60.9 Å². The van der Waals surface area contributed by atoms with Crippen LogP contribution in [0.2, 0.25) is 0 Å². The molecule has 166 valence electrons. The second-order valence-electron chi connectivity index (χ2n) is 7.92. The maximum Gasteiger partial charge on any atom is 0.248 e. The van der Waals surface area contributed by atoms with Gasteiger partial charge in [0.2, 0.25) is 15.9 Å². The fourth-order valence-corrected chi connectivity index (χ4v) is 4.48. The number of amides is 1. The number of piperidine rings is 1. The molecule has 0 saturated carbocycles. The third-order valence-electron chi connectivity index (χ3n) is 5.39. The summed E-state index contributed by atoms with van der Waals surface area (Å²) in [5.41, 5.74) is 3.16. The van der Waals surface area contributed by atoms with Crippen molar-refractivity contribution in [3.8, 4) is 0 Å². The average molecular weight is 451 g/mol. The summed E-state index contributed by atoms with van der Waals surface area (Å²) >= 11 is 0. The smallest absolute Gasteiger partial charge is 0.248 e. The minimum Gasteiger partial charge on any atom is -0.371 e. The van der Waals surface area contributed by atoms with Crippen molar-refractivity contribution in [2.24, 2.45) is 0 Å². The monoisotopic (exact) mass is 450 g/mol. The largest absolute Gasteiger partial charge is 0.371 e. The quantitative estimate of drug-likeness (QED) is 0.548. The van der Waals surface area contributed by atoms with E-state index in [9.17, 15) is 13.2 Å². The van der Waals surface area contributed by atoms with E-state index in [1.165, 1.54) is 31.0 Å². The van der Waals surface area contributed by atoms with Gasteiger partial charge in [-0.1, -0.05) is 12.1 Å². The van der Waals surface area contributed by atoms with Gasteiger partial charge in [-0.15, -0.1) is 0 Å². The van der Waals surface area contributed by atoms with Gasteiger partial charge < -0.3 is 10.2 Å². The van der Waals surface area contributed by atoms with Gasteiger partial charge in [0.05, 0.1) is 11.9 Å². The molecule has 1 saturated heterocycles. The molecule has 3 aromatic rings. The first-order valence-electron chi connectivity index (χ1n) is 10.6. The third-order valence-corrected chi connectivity index (χ3v) is 6.00. The molecule has 2 N–H and O–H groups in total. The normalized spacial score (nSPS) is 14.6. The number of benzene rings is 2. The van der Waals surface area contributed by atoms with E-state index >= 15 is 0 Å². The Morgan fingerprint density at radius 2 is 1.75 bits per heavy atom. The maximum absolute atomic E-state index is 12.6. The molecule has 2 aromatic carbocycles. The van der Waals surface area contributed by atoms with Crippen LogP contribution < -0.4 is 14.9 Å². The van der Waals surface area contributed by atoms with Crippen molar-refractivity contribution in [2.75, 3.05) is 34.3 Å². The number of hydrogen-bond acceptors (Lipinski definition) is 5. The van der Waals surface area contributed by atoms with Crippen LogP contribution in [0, 0.1) is 0 Å². The summed E-state index contributed by atoms with van der Waals surface area (Å²) in [5.74, 6) is -0.251. The van der Waals surface area contributed by atoms with Gasteiger partial charge in [0.25, 0.3) is 0 Å². The summed E-state index contributed by atoms with van der Waals surface area (Å²) in [7, 11) is -3.32. The molecular weight excluding hydrogens is 424 g/mol. The fourth-order valence-electron chi connectivity index (χ4n) is 3.92. The lowest BCUT2D eigenvalue weighted by Crippen LogP contribution is -2.29. The van der Waals surface area contributed by atoms with Crippen LogP contribution in [0.4, 0.5) is 17.1 Å². The Morgan fingerprint density at radius 1 is 1.00 bits per heavy atom. The lowest BCUT2D eigenvalue weighted by molar-refractivity contribution is -0.111. The molecule has 0 radical (unpaired) electrons. The predicted molar refractivity (Wildman–Crippen MR) is 130 cm³/mol. The SMILES string of the molecule is CS(=O)(=O)Nc1ccc(/C=C\C(=O)Nc2ccc(N3CCCCC3)c3ccncc23)cc1. The number of nitrogens with zero attached hydrogens (tertiary/aromatic N) is 2. The van der Waals surface area contributed by atoms with Gasteiger partial charge >= 0.3 is 0 Å². The molecule has 0 unspecified atom stereocenters. The van der Waals surface area contributed by atoms with Crippen molar-refractivity contribution in [3.05, 3.63) is 66.5 Å². The van der Waals surface area contributed by atoms with E-state index in [0.717, 1.165) is 41.4 Å². The summed E-state index contributed by atoms with van der Waals surface area (Å²) in [5, 5.41) is 4.94. The maximum atomic E-state index is 12.6. The first-order chi connectivity index (χ1) is 15.4. The number of anilines is 3. The molecule has 1 aliphatic rings. The van der Waals surface area contributed by atoms with Crippen LogP contribution in [0.3, 0.4) is 0 Å². The van der Waals surface area contributed by atoms with Crippen LogP contribution in [0.5, 0.6) is 0 Å². The van der Waals surface area contributed by atoms with E-state index in [1.807, 2.05) is 12.1 Å². The van der Waals surface area contributed by atoms with Crippen LogP contribution in [0.25, 0.3) is 16.8 Å². The highest BCUT2D eigenvalue weighted by Gasteiger charge is 2.15. The molecular formula is C24H26N4O3S. The number of carbonyl (C=O) groups excluding carboxylic acids is 1. The zero-order chi connectivity index (χ0) is 22.6. The molecule has 0 spiro atoms. The molecule has 1 aliphatic heterocycles. The first kappa shape index (κ1) is 21.8. The van der Waals surface area contributed by atoms with E-state index in [-0.39, 0.29) is 5.91 Å². The van der Waals surface area contributed by atoms with Crippen molar-refractivity contribution >= 4 is 49.8 Å². The highest BCUT2D eigenvalue weighted by molar-refractivity contribution is 7.92. The van der Waals surface area contributed by atoms with Crippen molar-refractivity contribution < 1.29 is 13.2 Å². The number of fused-ring (bicyclic) bond motifs is 1. The zero-order valence-corrected chi connectivity index (χ0v) is 18.7. The Labute approximate surface area is 188 Å². The standard InChI is InChI=1S/C24H26N4O3S/c1-32(30,31)27-19-8-5-18(6-9-19)7-12-24(29)26-22-10-11-23(28-15-3-2-4-16-28)20-13-14-25-17-21(20)22/h5-14,17,27H,2-4,15-16H2,1H3,(H,26,29)/b12-7-. The number of hydrogen-bond donors (Lipinski definition) is 2.